The molecule has 0 saturated carbocycles. The second-order valence-corrected chi connectivity index (χ2v) is 44.4. The van der Waals surface area contributed by atoms with E-state index >= 15 is 0 Å². The van der Waals surface area contributed by atoms with E-state index in [0.29, 0.717) is 0 Å². The van der Waals surface area contributed by atoms with Gasteiger partial charge in [-0.3, -0.25) is 0 Å². The predicted octanol–water partition coefficient (Wildman–Crippen LogP) is 0.609. The molecule has 3 aromatic rings. The molecule has 302 valence electrons. The zero-order valence-corrected chi connectivity index (χ0v) is 48.9. The van der Waals surface area contributed by atoms with Crippen LogP contribution in [0.4, 0.5) is 17.1 Å². The van der Waals surface area contributed by atoms with Crippen LogP contribution in [0.5, 0.6) is 0 Å². The van der Waals surface area contributed by atoms with Crippen molar-refractivity contribution in [3.8, 4) is 0 Å². The van der Waals surface area contributed by atoms with Crippen molar-refractivity contribution < 1.29 is 63.6 Å². The first-order valence-corrected chi connectivity index (χ1v) is 53.0. The van der Waals surface area contributed by atoms with Crippen molar-refractivity contribution in [3.05, 3.63) is 86.2 Å². The molecule has 0 spiro atoms. The molecule has 34 heteroatoms. The van der Waals surface area contributed by atoms with Gasteiger partial charge in [-0.05, 0) is 36.4 Å². The Balaban J connectivity index is -0.000000315. The van der Waals surface area contributed by atoms with E-state index in [1.165, 1.54) is 22.0 Å². The molecule has 19 nitrogen and oxygen atoms in total. The van der Waals surface area contributed by atoms with E-state index in [-0.39, 0.29) is 0 Å². The summed E-state index contributed by atoms with van der Waals surface area (Å²) in [5.41, 5.74) is 3.61. The first-order chi connectivity index (χ1) is 22.6. The molecule has 0 radical (unpaired) electrons. The number of hydrogen-bond donors (Lipinski definition) is 13. The molecule has 0 aliphatic heterocycles. The third kappa shape index (κ3) is 71.7. The molecule has 0 heterocycles. The Kier molecular flexibility index (Phi) is 36.3. The van der Waals surface area contributed by atoms with Gasteiger partial charge < -0.3 is 0 Å². The summed E-state index contributed by atoms with van der Waals surface area (Å²) in [6, 6.07) is 25.3. The third-order valence-corrected chi connectivity index (χ3v) is 4.98. The zero-order valence-electron chi connectivity index (χ0n) is 24.3. The average Bonchev–Trinajstić information content (AvgIpc) is 2.82. The Morgan fingerprint density at radius 3 is 0.519 bits per heavy atom. The molecule has 0 unspecified atom stereocenters. The molecule has 13 N–H and O–H groups in total. The normalized spacial score (nSPS) is 11.4. The Hall–Kier alpha value is 4.03. The van der Waals surface area contributed by atoms with Crippen molar-refractivity contribution in [3.63, 3.8) is 0 Å². The Labute approximate surface area is 371 Å². The predicted molar refractivity (Wildman–Crippen MR) is 203 cm³/mol. The third-order valence-electron chi connectivity index (χ3n) is 3.40. The van der Waals surface area contributed by atoms with Gasteiger partial charge in [0.05, 0.1) is 0 Å². The van der Waals surface area contributed by atoms with E-state index in [2.05, 4.69) is 174 Å². The van der Waals surface area contributed by atoms with Gasteiger partial charge in [-0.15, -0.1) is 0 Å². The fourth-order valence-corrected chi connectivity index (χ4v) is 3.14. The molecule has 0 atom stereocenters. The fourth-order valence-electron chi connectivity index (χ4n) is 2.35. The number of rotatable bonds is 3. The molecule has 0 aliphatic carbocycles. The summed E-state index contributed by atoms with van der Waals surface area (Å²) >= 11 is -18.8. The van der Waals surface area contributed by atoms with Gasteiger partial charge in [0.15, 0.2) is 0 Å². The van der Waals surface area contributed by atoms with Crippen LogP contribution in [0, 0.1) is 0 Å². The van der Waals surface area contributed by atoms with E-state index in [9.17, 15) is 18.1 Å². The first-order valence-electron chi connectivity index (χ1n) is 11.3. The van der Waals surface area contributed by atoms with Crippen LogP contribution in [0.1, 0.15) is 0 Å². The molecule has 3 aromatic carbocycles. The van der Waals surface area contributed by atoms with E-state index < -0.39 is 111 Å². The van der Waals surface area contributed by atoms with Gasteiger partial charge in [-0.1, -0.05) is 47.8 Å². The van der Waals surface area contributed by atoms with Crippen LogP contribution in [0.25, 0.3) is 0 Å². The van der Waals surface area contributed by atoms with Gasteiger partial charge in [-0.25, -0.2) is 4.90 Å². The second-order valence-electron chi connectivity index (χ2n) is 7.73. The maximum atomic E-state index is 9.18. The van der Waals surface area contributed by atoms with E-state index in [1.54, 1.807) is 0 Å². The topological polar surface area (TPSA) is 350 Å². The summed E-state index contributed by atoms with van der Waals surface area (Å²) in [5, 5.41) is 0. The average molecular weight is 1730 g/mol. The summed E-state index contributed by atoms with van der Waals surface area (Å²) in [5.74, 6) is 0. The molecule has 0 aliphatic rings. The SMILES string of the molecule is Brc1ccc([NH+](c2ccc(Br)cc2)c2ccc(Br)cc2)cc1.[O]=[Sb]([OH])([OH])[Cl].[O]=[Sb]([OH])([OH])[Cl].[O]=[Sb]([OH])([OH])[Cl].[O]=[Sb]([OH])([OH])[Cl].[O]=[Sb]([OH])([OH])[Cl].[O]=[Sb]([OH])([OH])[Cl]. The Bertz CT molecular complexity index is 1420. The summed E-state index contributed by atoms with van der Waals surface area (Å²) in [7, 11) is 25.7. The number of halogens is 9. The summed E-state index contributed by atoms with van der Waals surface area (Å²) < 4.78 is 148. The quantitative estimate of drug-likeness (QED) is 0.160. The molecule has 52 heavy (non-hydrogen) atoms. The molecular formula is C18H25Br3Cl6NO18Sb6+. The zero-order chi connectivity index (χ0) is 42.5. The van der Waals surface area contributed by atoms with Crippen molar-refractivity contribution in [2.24, 2.45) is 0 Å². The monoisotopic (exact) mass is 1720 g/mol. The molecule has 0 bridgehead atoms. The van der Waals surface area contributed by atoms with E-state index in [1.807, 2.05) is 0 Å². The minimum atomic E-state index is -4.88. The maximum absolute atomic E-state index is 9.18. The van der Waals surface area contributed by atoms with Gasteiger partial charge in [-0.2, -0.15) is 0 Å². The Morgan fingerprint density at radius 1 is 0.327 bits per heavy atom. The molecule has 0 aromatic heterocycles. The summed E-state index contributed by atoms with van der Waals surface area (Å²) in [6.07, 6.45) is 0. The van der Waals surface area contributed by atoms with Crippen molar-refractivity contribution in [1.82, 2.24) is 0 Å². The molecular weight excluding hydrogens is 1700 g/mol. The Morgan fingerprint density at radius 2 is 0.423 bits per heavy atom. The van der Waals surface area contributed by atoms with Crippen LogP contribution >= 0.6 is 101 Å². The second kappa shape index (κ2) is 30.1. The molecule has 3 rings (SSSR count). The van der Waals surface area contributed by atoms with Crippen LogP contribution in [0.3, 0.4) is 0 Å². The standard InChI is InChI=1S/C18H12Br3N.6ClH.12H2O.6O.6Sb/c19-13-1-7-16(8-2-13)22(17-9-3-14(20)4-10-17)18-11-5-15(21)6-12-18;;;;;;;;;;;;;;;;;;;;;;;;;;;;;;/h1-12H;6*1H;12*1H2;;;;;;;;;;;;/q;;;;;;;;;;;;;;;;;;;;;;;;;6*+3/p-17. The molecule has 0 fully saturated rings. The first kappa shape index (κ1) is 62.7. The molecule has 0 saturated heterocycles. The molecule has 0 amide bonds. The van der Waals surface area contributed by atoms with Gasteiger partial charge >= 0.3 is 223 Å². The number of benzene rings is 3. The van der Waals surface area contributed by atoms with Gasteiger partial charge in [0.25, 0.3) is 0 Å². The van der Waals surface area contributed by atoms with E-state index in [0.717, 1.165) is 13.4 Å². The van der Waals surface area contributed by atoms with Crippen molar-refractivity contribution in [1.29, 1.82) is 0 Å². The van der Waals surface area contributed by atoms with Crippen molar-refractivity contribution >= 4 is 229 Å². The van der Waals surface area contributed by atoms with Crippen LogP contribution in [0.15, 0.2) is 86.2 Å². The van der Waals surface area contributed by atoms with Gasteiger partial charge in [0, 0.05) is 49.8 Å². The number of hydrogen-bond acceptors (Lipinski definition) is 6. The van der Waals surface area contributed by atoms with E-state index in [4.69, 9.17) is 40.6 Å². The van der Waals surface area contributed by atoms with Crippen molar-refractivity contribution in [2.45, 2.75) is 0 Å². The summed E-state index contributed by atoms with van der Waals surface area (Å²) in [4.78, 5) is 1.23. The summed E-state index contributed by atoms with van der Waals surface area (Å²) in [6.45, 7) is 0. The van der Waals surface area contributed by atoms with Crippen LogP contribution in [0.2, 0.25) is 0 Å². The van der Waals surface area contributed by atoms with Gasteiger partial charge in [0.1, 0.15) is 17.1 Å². The van der Waals surface area contributed by atoms with Crippen LogP contribution in [-0.4, -0.2) is 152 Å². The van der Waals surface area contributed by atoms with Crippen LogP contribution in [-0.2, 0) is 18.1 Å². The van der Waals surface area contributed by atoms with Gasteiger partial charge in [0.2, 0.25) is 0 Å². The minimum absolute atomic E-state index is 1.09. The number of quaternary nitrogens is 1. The van der Waals surface area contributed by atoms with Crippen molar-refractivity contribution in [2.75, 3.05) is 0 Å². The van der Waals surface area contributed by atoms with Crippen LogP contribution < -0.4 is 4.90 Å². The fraction of sp³-hybridized carbons (Fsp3) is 0. The number of nitrogens with one attached hydrogen (secondary N) is 1.